The Hall–Kier alpha value is -2.25. The van der Waals surface area contributed by atoms with Crippen LogP contribution in [0.2, 0.25) is 0 Å². The molecule has 0 saturated carbocycles. The van der Waals surface area contributed by atoms with Crippen LogP contribution in [-0.4, -0.2) is 23.0 Å². The molecule has 3 aromatic rings. The van der Waals surface area contributed by atoms with E-state index in [-0.39, 0.29) is 5.91 Å². The molecule has 1 N–H and O–H groups in total. The van der Waals surface area contributed by atoms with Gasteiger partial charge < -0.3 is 10.1 Å². The Labute approximate surface area is 154 Å². The number of methoxy groups -OCH3 is 1. The molecule has 2 aromatic heterocycles. The van der Waals surface area contributed by atoms with Gasteiger partial charge in [-0.3, -0.25) is 4.79 Å². The number of thiazole rings is 2. The average Bonchev–Trinajstić information content (AvgIpc) is 3.13. The van der Waals surface area contributed by atoms with Gasteiger partial charge in [0.15, 0.2) is 5.13 Å². The van der Waals surface area contributed by atoms with Crippen molar-refractivity contribution >= 4 is 33.7 Å². The number of nitrogens with zero attached hydrogens (tertiary/aromatic N) is 2. The number of hydrogen-bond donors (Lipinski definition) is 1. The first-order valence-electron chi connectivity index (χ1n) is 7.79. The molecule has 0 saturated heterocycles. The molecule has 25 heavy (non-hydrogen) atoms. The van der Waals surface area contributed by atoms with Gasteiger partial charge in [-0.1, -0.05) is 29.0 Å². The van der Waals surface area contributed by atoms with Crippen LogP contribution >= 0.6 is 22.7 Å². The van der Waals surface area contributed by atoms with Crippen LogP contribution in [0.3, 0.4) is 0 Å². The predicted molar refractivity (Wildman–Crippen MR) is 103 cm³/mol. The fourth-order valence-electron chi connectivity index (χ4n) is 2.54. The van der Waals surface area contributed by atoms with Gasteiger partial charge in [-0.05, 0) is 19.9 Å². The Morgan fingerprint density at radius 2 is 2.08 bits per heavy atom. The normalized spacial score (nSPS) is 10.7. The van der Waals surface area contributed by atoms with Gasteiger partial charge >= 0.3 is 0 Å². The number of nitrogens with one attached hydrogen (secondary N) is 1. The minimum absolute atomic E-state index is 0.120. The van der Waals surface area contributed by atoms with Crippen molar-refractivity contribution in [2.75, 3.05) is 12.4 Å². The molecule has 0 aliphatic rings. The summed E-state index contributed by atoms with van der Waals surface area (Å²) in [5.74, 6) is 0.759. The molecular weight excluding hydrogens is 354 g/mol. The fourth-order valence-corrected chi connectivity index (χ4v) is 4.40. The summed E-state index contributed by atoms with van der Waals surface area (Å²) in [6.07, 6.45) is 0.728. The van der Waals surface area contributed by atoms with Crippen LogP contribution in [0, 0.1) is 13.8 Å². The van der Waals surface area contributed by atoms with Crippen molar-refractivity contribution in [2.24, 2.45) is 0 Å². The first-order valence-corrected chi connectivity index (χ1v) is 9.49. The zero-order valence-electron chi connectivity index (χ0n) is 14.5. The van der Waals surface area contributed by atoms with Crippen molar-refractivity contribution in [2.45, 2.75) is 27.2 Å². The minimum Gasteiger partial charge on any atom is -0.496 e. The van der Waals surface area contributed by atoms with Crippen LogP contribution in [0.25, 0.3) is 10.6 Å². The lowest BCUT2D eigenvalue weighted by Crippen LogP contribution is -2.04. The molecule has 0 atom stereocenters. The zero-order valence-corrected chi connectivity index (χ0v) is 16.2. The second-order valence-electron chi connectivity index (χ2n) is 5.73. The van der Waals surface area contributed by atoms with Crippen molar-refractivity contribution in [3.05, 3.63) is 45.4 Å². The second kappa shape index (κ2) is 7.33. The lowest BCUT2D eigenvalue weighted by molar-refractivity contribution is -0.114. The summed E-state index contributed by atoms with van der Waals surface area (Å²) in [5, 5.41) is 6.40. The van der Waals surface area contributed by atoms with Gasteiger partial charge in [0.1, 0.15) is 5.75 Å². The van der Waals surface area contributed by atoms with Crippen LogP contribution in [0.5, 0.6) is 5.75 Å². The third kappa shape index (κ3) is 4.05. The molecule has 0 spiro atoms. The molecule has 130 valence electrons. The van der Waals surface area contributed by atoms with Crippen molar-refractivity contribution in [1.82, 2.24) is 9.97 Å². The number of aromatic nitrogens is 2. The van der Waals surface area contributed by atoms with Gasteiger partial charge in [0, 0.05) is 24.3 Å². The number of carbonyl (C=O) groups is 1. The van der Waals surface area contributed by atoms with Crippen LogP contribution < -0.4 is 10.1 Å². The Morgan fingerprint density at radius 1 is 1.28 bits per heavy atom. The molecule has 0 fully saturated rings. The summed E-state index contributed by atoms with van der Waals surface area (Å²) in [5.41, 5.74) is 4.10. The van der Waals surface area contributed by atoms with Gasteiger partial charge in [0.2, 0.25) is 5.91 Å². The van der Waals surface area contributed by atoms with Gasteiger partial charge in [0.05, 0.1) is 28.4 Å². The highest BCUT2D eigenvalue weighted by Crippen LogP contribution is 2.34. The average molecular weight is 374 g/mol. The number of ether oxygens (including phenoxy) is 1. The van der Waals surface area contributed by atoms with E-state index >= 15 is 0 Å². The SMILES string of the molecule is COc1ccc(C)cc1Cc1nc(-c2sc(NC(C)=O)nc2C)cs1. The number of aryl methyl sites for hydroxylation is 2. The number of carbonyl (C=O) groups excluding carboxylic acids is 1. The Balaban J connectivity index is 1.85. The summed E-state index contributed by atoms with van der Waals surface area (Å²) in [6.45, 7) is 5.48. The zero-order chi connectivity index (χ0) is 18.0. The van der Waals surface area contributed by atoms with E-state index in [2.05, 4.69) is 23.3 Å². The lowest BCUT2D eigenvalue weighted by atomic mass is 10.1. The van der Waals surface area contributed by atoms with E-state index in [1.807, 2.05) is 24.4 Å². The monoisotopic (exact) mass is 373 g/mol. The Morgan fingerprint density at radius 3 is 2.80 bits per heavy atom. The van der Waals surface area contributed by atoms with E-state index in [4.69, 9.17) is 9.72 Å². The van der Waals surface area contributed by atoms with Crippen LogP contribution in [0.4, 0.5) is 5.13 Å². The van der Waals surface area contributed by atoms with E-state index in [0.717, 1.165) is 39.0 Å². The molecule has 0 bridgehead atoms. The van der Waals surface area contributed by atoms with Crippen LogP contribution in [-0.2, 0) is 11.2 Å². The van der Waals surface area contributed by atoms with Gasteiger partial charge in [-0.25, -0.2) is 9.97 Å². The first kappa shape index (κ1) is 17.6. The summed E-state index contributed by atoms with van der Waals surface area (Å²) in [4.78, 5) is 21.3. The Bertz CT molecular complexity index is 915. The highest BCUT2D eigenvalue weighted by molar-refractivity contribution is 7.19. The van der Waals surface area contributed by atoms with E-state index in [0.29, 0.717) is 5.13 Å². The maximum absolute atomic E-state index is 11.2. The number of amides is 1. The maximum atomic E-state index is 11.2. The number of hydrogen-bond acceptors (Lipinski definition) is 6. The van der Waals surface area contributed by atoms with Crippen LogP contribution in [0.15, 0.2) is 23.6 Å². The van der Waals surface area contributed by atoms with E-state index in [1.165, 1.54) is 23.8 Å². The second-order valence-corrected chi connectivity index (χ2v) is 7.68. The largest absolute Gasteiger partial charge is 0.496 e. The van der Waals surface area contributed by atoms with Crippen molar-refractivity contribution in [1.29, 1.82) is 0 Å². The van der Waals surface area contributed by atoms with Crippen molar-refractivity contribution in [3.8, 4) is 16.3 Å². The molecule has 5 nitrogen and oxygen atoms in total. The third-order valence-corrected chi connectivity index (χ3v) is 5.59. The molecule has 2 heterocycles. The number of benzene rings is 1. The molecule has 0 aliphatic carbocycles. The maximum Gasteiger partial charge on any atom is 0.223 e. The number of rotatable bonds is 5. The summed E-state index contributed by atoms with van der Waals surface area (Å²) >= 11 is 3.07. The van der Waals surface area contributed by atoms with E-state index in [9.17, 15) is 4.79 Å². The molecule has 0 aliphatic heterocycles. The topological polar surface area (TPSA) is 64.1 Å². The molecule has 0 unspecified atom stereocenters. The third-order valence-electron chi connectivity index (χ3n) is 3.64. The standard InChI is InChI=1S/C18H19N3O2S2/c1-10-5-6-15(23-4)13(7-10)8-16-21-14(9-24-16)17-11(2)19-18(25-17)20-12(3)22/h5-7,9H,8H2,1-4H3,(H,19,20,22). The quantitative estimate of drug-likeness (QED) is 0.718. The number of anilines is 1. The predicted octanol–water partition coefficient (Wildman–Crippen LogP) is 4.44. The molecule has 0 radical (unpaired) electrons. The van der Waals surface area contributed by atoms with Gasteiger partial charge in [-0.2, -0.15) is 0 Å². The first-order chi connectivity index (χ1) is 12.0. The van der Waals surface area contributed by atoms with E-state index in [1.54, 1.807) is 18.4 Å². The van der Waals surface area contributed by atoms with Gasteiger partial charge in [0.25, 0.3) is 0 Å². The van der Waals surface area contributed by atoms with Gasteiger partial charge in [-0.15, -0.1) is 11.3 Å². The minimum atomic E-state index is -0.120. The molecule has 3 rings (SSSR count). The highest BCUT2D eigenvalue weighted by atomic mass is 32.1. The smallest absolute Gasteiger partial charge is 0.223 e. The summed E-state index contributed by atoms with van der Waals surface area (Å²) < 4.78 is 5.45. The highest BCUT2D eigenvalue weighted by Gasteiger charge is 2.15. The summed E-state index contributed by atoms with van der Waals surface area (Å²) in [7, 11) is 1.69. The van der Waals surface area contributed by atoms with E-state index < -0.39 is 0 Å². The van der Waals surface area contributed by atoms with Crippen molar-refractivity contribution < 1.29 is 9.53 Å². The molecule has 7 heteroatoms. The Kier molecular flexibility index (Phi) is 5.15. The molecule has 1 aromatic carbocycles. The fraction of sp³-hybridized carbons (Fsp3) is 0.278. The molecule has 1 amide bonds. The van der Waals surface area contributed by atoms with Crippen molar-refractivity contribution in [3.63, 3.8) is 0 Å². The molecular formula is C18H19N3O2S2. The lowest BCUT2D eigenvalue weighted by Gasteiger charge is -2.07. The van der Waals surface area contributed by atoms with Crippen LogP contribution in [0.1, 0.15) is 28.8 Å². The summed E-state index contributed by atoms with van der Waals surface area (Å²) in [6, 6.07) is 6.17.